The van der Waals surface area contributed by atoms with Crippen LogP contribution in [0.3, 0.4) is 0 Å². The van der Waals surface area contributed by atoms with Gasteiger partial charge < -0.3 is 10.2 Å². The van der Waals surface area contributed by atoms with E-state index in [9.17, 15) is 17.6 Å². The number of sulfone groups is 1. The zero-order chi connectivity index (χ0) is 20.3. The average Bonchev–Trinajstić information content (AvgIpc) is 2.67. The van der Waals surface area contributed by atoms with Gasteiger partial charge in [0, 0.05) is 44.3 Å². The molecule has 9 heteroatoms. The first-order valence-electron chi connectivity index (χ1n) is 8.96. The van der Waals surface area contributed by atoms with Gasteiger partial charge in [0.2, 0.25) is 5.91 Å². The smallest absolute Gasteiger partial charge is 0.241 e. The molecular weight excluding hydrogens is 383 g/mol. The van der Waals surface area contributed by atoms with E-state index < -0.39 is 21.7 Å². The van der Waals surface area contributed by atoms with Crippen molar-refractivity contribution in [3.8, 4) is 0 Å². The van der Waals surface area contributed by atoms with Crippen molar-refractivity contribution >= 4 is 27.2 Å². The molecule has 0 radical (unpaired) electrons. The van der Waals surface area contributed by atoms with Crippen LogP contribution in [0.1, 0.15) is 6.92 Å². The van der Waals surface area contributed by atoms with Gasteiger partial charge in [0.15, 0.2) is 9.84 Å². The number of pyridine rings is 1. The number of carbonyl (C=O) groups is 1. The third-order valence-corrected chi connectivity index (χ3v) is 5.90. The quantitative estimate of drug-likeness (QED) is 0.815. The van der Waals surface area contributed by atoms with Crippen molar-refractivity contribution in [1.82, 2.24) is 9.88 Å². The summed E-state index contributed by atoms with van der Waals surface area (Å²) in [6, 6.07) is 8.54. The van der Waals surface area contributed by atoms with Crippen LogP contribution in [0.4, 0.5) is 15.9 Å². The number of aromatic nitrogens is 1. The molecule has 0 aliphatic carbocycles. The molecule has 0 saturated carbocycles. The maximum atomic E-state index is 13.3. The zero-order valence-electron chi connectivity index (χ0n) is 15.8. The van der Waals surface area contributed by atoms with Crippen LogP contribution in [0, 0.1) is 5.82 Å². The van der Waals surface area contributed by atoms with Crippen molar-refractivity contribution in [2.45, 2.75) is 17.9 Å². The van der Waals surface area contributed by atoms with Gasteiger partial charge >= 0.3 is 0 Å². The first-order chi connectivity index (χ1) is 13.3. The molecule has 1 fully saturated rings. The zero-order valence-corrected chi connectivity index (χ0v) is 16.6. The van der Waals surface area contributed by atoms with Crippen molar-refractivity contribution in [2.75, 3.05) is 42.7 Å². The van der Waals surface area contributed by atoms with E-state index in [2.05, 4.69) is 10.3 Å². The highest BCUT2D eigenvalue weighted by Gasteiger charge is 2.28. The number of halogens is 1. The Bertz CT molecular complexity index is 959. The van der Waals surface area contributed by atoms with Crippen LogP contribution in [0.25, 0.3) is 0 Å². The van der Waals surface area contributed by atoms with E-state index in [4.69, 9.17) is 0 Å². The maximum Gasteiger partial charge on any atom is 0.241 e. The predicted molar refractivity (Wildman–Crippen MR) is 106 cm³/mol. The predicted octanol–water partition coefficient (Wildman–Crippen LogP) is 1.77. The normalized spacial score (nSPS) is 16.6. The summed E-state index contributed by atoms with van der Waals surface area (Å²) in [5.74, 6) is -0.175. The van der Waals surface area contributed by atoms with Gasteiger partial charge in [-0.15, -0.1) is 0 Å². The summed E-state index contributed by atoms with van der Waals surface area (Å²) in [5, 5.41) is 2.73. The Kier molecular flexibility index (Phi) is 5.95. The molecule has 1 atom stereocenters. The van der Waals surface area contributed by atoms with E-state index in [1.165, 1.54) is 18.4 Å². The minimum atomic E-state index is -3.38. The van der Waals surface area contributed by atoms with Gasteiger partial charge in [-0.2, -0.15) is 0 Å². The fourth-order valence-corrected chi connectivity index (χ4v) is 4.05. The summed E-state index contributed by atoms with van der Waals surface area (Å²) in [5.41, 5.74) is 0.418. The van der Waals surface area contributed by atoms with Crippen molar-refractivity contribution in [3.05, 3.63) is 48.4 Å². The lowest BCUT2D eigenvalue weighted by molar-refractivity contribution is -0.120. The van der Waals surface area contributed by atoms with Gasteiger partial charge in [-0.3, -0.25) is 9.69 Å². The number of benzene rings is 1. The summed E-state index contributed by atoms with van der Waals surface area (Å²) >= 11 is 0. The number of hydrogen-bond acceptors (Lipinski definition) is 6. The Morgan fingerprint density at radius 1 is 1.18 bits per heavy atom. The third-order valence-electron chi connectivity index (χ3n) is 4.78. The SMILES string of the molecule is CC(C(=O)Nc1cccc(F)c1)N1CCN(c2ncccc2S(C)(=O)=O)CC1. The standard InChI is InChI=1S/C19H23FN4O3S/c1-14(19(25)22-16-6-3-5-15(20)13-16)23-9-11-24(12-10-23)18-17(28(2,26)27)7-4-8-21-18/h3-8,13-14H,9-12H2,1-2H3,(H,22,25). The van der Waals surface area contributed by atoms with Crippen molar-refractivity contribution in [3.63, 3.8) is 0 Å². The van der Waals surface area contributed by atoms with Gasteiger partial charge in [-0.1, -0.05) is 6.07 Å². The summed E-state index contributed by atoms with van der Waals surface area (Å²) in [6.07, 6.45) is 2.74. The fourth-order valence-electron chi connectivity index (χ4n) is 3.21. The molecule has 2 aromatic rings. The summed E-state index contributed by atoms with van der Waals surface area (Å²) in [4.78, 5) is 20.9. The minimum absolute atomic E-state index is 0.209. The Morgan fingerprint density at radius 3 is 2.54 bits per heavy atom. The van der Waals surface area contributed by atoms with Gasteiger partial charge in [-0.05, 0) is 37.3 Å². The molecule has 1 aliphatic rings. The first kappa shape index (κ1) is 20.2. The van der Waals surface area contributed by atoms with E-state index >= 15 is 0 Å². The molecule has 1 aromatic heterocycles. The fraction of sp³-hybridized carbons (Fsp3) is 0.368. The van der Waals surface area contributed by atoms with Crippen LogP contribution in [-0.2, 0) is 14.6 Å². The van der Waals surface area contributed by atoms with Gasteiger partial charge in [0.1, 0.15) is 16.5 Å². The molecule has 1 aromatic carbocycles. The molecule has 1 N–H and O–H groups in total. The highest BCUT2D eigenvalue weighted by atomic mass is 32.2. The molecular formula is C19H23FN4O3S. The number of carbonyl (C=O) groups excluding carboxylic acids is 1. The Labute approximate surface area is 164 Å². The van der Waals surface area contributed by atoms with Crippen molar-refractivity contribution < 1.29 is 17.6 Å². The topological polar surface area (TPSA) is 82.6 Å². The van der Waals surface area contributed by atoms with Crippen molar-refractivity contribution in [2.24, 2.45) is 0 Å². The molecule has 0 bridgehead atoms. The van der Waals surface area contributed by atoms with Crippen LogP contribution in [-0.4, -0.2) is 62.7 Å². The van der Waals surface area contributed by atoms with E-state index in [0.29, 0.717) is 37.7 Å². The highest BCUT2D eigenvalue weighted by molar-refractivity contribution is 7.90. The van der Waals surface area contributed by atoms with E-state index in [1.54, 1.807) is 37.4 Å². The van der Waals surface area contributed by atoms with E-state index in [1.807, 2.05) is 9.80 Å². The maximum absolute atomic E-state index is 13.3. The second-order valence-corrected chi connectivity index (χ2v) is 8.78. The van der Waals surface area contributed by atoms with Gasteiger partial charge in [0.25, 0.3) is 0 Å². The monoisotopic (exact) mass is 406 g/mol. The lowest BCUT2D eigenvalue weighted by Crippen LogP contribution is -2.53. The molecule has 1 saturated heterocycles. The van der Waals surface area contributed by atoms with Crippen LogP contribution in [0.5, 0.6) is 0 Å². The molecule has 0 spiro atoms. The molecule has 7 nitrogen and oxygen atoms in total. The summed E-state index contributed by atoms with van der Waals surface area (Å²) in [7, 11) is -3.38. The van der Waals surface area contributed by atoms with Crippen LogP contribution in [0.2, 0.25) is 0 Å². The van der Waals surface area contributed by atoms with Crippen LogP contribution >= 0.6 is 0 Å². The number of amides is 1. The number of anilines is 2. The average molecular weight is 406 g/mol. The Hall–Kier alpha value is -2.52. The Morgan fingerprint density at radius 2 is 1.89 bits per heavy atom. The number of hydrogen-bond donors (Lipinski definition) is 1. The molecule has 3 rings (SSSR count). The summed E-state index contributed by atoms with van der Waals surface area (Å²) in [6.45, 7) is 4.07. The number of piperazine rings is 1. The van der Waals surface area contributed by atoms with Gasteiger partial charge in [-0.25, -0.2) is 17.8 Å². The van der Waals surface area contributed by atoms with E-state index in [0.717, 1.165) is 0 Å². The number of rotatable bonds is 5. The van der Waals surface area contributed by atoms with Crippen LogP contribution in [0.15, 0.2) is 47.5 Å². The second kappa shape index (κ2) is 8.24. The van der Waals surface area contributed by atoms with Gasteiger partial charge in [0.05, 0.1) is 6.04 Å². The number of nitrogens with one attached hydrogen (secondary N) is 1. The molecule has 1 aliphatic heterocycles. The Balaban J connectivity index is 1.63. The highest BCUT2D eigenvalue weighted by Crippen LogP contribution is 2.24. The summed E-state index contributed by atoms with van der Waals surface area (Å²) < 4.78 is 37.3. The molecule has 1 unspecified atom stereocenters. The van der Waals surface area contributed by atoms with E-state index in [-0.39, 0.29) is 10.8 Å². The van der Waals surface area contributed by atoms with Crippen LogP contribution < -0.4 is 10.2 Å². The minimum Gasteiger partial charge on any atom is -0.353 e. The molecule has 1 amide bonds. The van der Waals surface area contributed by atoms with Crippen molar-refractivity contribution in [1.29, 1.82) is 0 Å². The third kappa shape index (κ3) is 4.66. The lowest BCUT2D eigenvalue weighted by atomic mass is 10.2. The molecule has 2 heterocycles. The second-order valence-electron chi connectivity index (χ2n) is 6.80. The number of nitrogens with zero attached hydrogens (tertiary/aromatic N) is 3. The largest absolute Gasteiger partial charge is 0.353 e. The first-order valence-corrected chi connectivity index (χ1v) is 10.9. The lowest BCUT2D eigenvalue weighted by Gasteiger charge is -2.38. The molecule has 150 valence electrons. The molecule has 28 heavy (non-hydrogen) atoms.